The van der Waals surface area contributed by atoms with Crippen LogP contribution in [0.1, 0.15) is 13.8 Å². The van der Waals surface area contributed by atoms with Crippen molar-refractivity contribution in [1.82, 2.24) is 15.4 Å². The van der Waals surface area contributed by atoms with Gasteiger partial charge in [0.15, 0.2) is 68.4 Å². The Morgan fingerprint density at radius 1 is 0.304 bits per heavy atom. The highest BCUT2D eigenvalue weighted by atomic mass is 32.2. The van der Waals surface area contributed by atoms with Crippen molar-refractivity contribution in [2.45, 2.75) is 253 Å². The Balaban J connectivity index is 0.953. The number of carbonyl (C=O) groups is 6. The summed E-state index contributed by atoms with van der Waals surface area (Å²) in [7, 11) is -5.54. The van der Waals surface area contributed by atoms with E-state index in [1.165, 1.54) is 4.72 Å². The van der Waals surface area contributed by atoms with Gasteiger partial charge < -0.3 is 194 Å². The van der Waals surface area contributed by atoms with Crippen LogP contribution in [0.25, 0.3) is 0 Å². The number of aliphatic hydroxyl groups is 18. The molecule has 50 heteroatoms. The smallest absolute Gasteiger partial charge is 0.335 e. The third-order valence-corrected chi connectivity index (χ3v) is 18.2. The fourth-order valence-electron chi connectivity index (χ4n) is 12.6. The standard InChI is InChI=1S/C52H81N3O46S/c1-8(61)53-15-19(64)32(12(5-58)88-46(15)95-35-24(69)28(73)50(99-39(35)43(78)79)91-31-11(4-57)87-10(3-56)18(31)63)92-51-29(74)25(70)36(40(100-51)44(80)81)96-47-16(54-9(2)62)20(65)33(13(6-59)89-47)93-52-30(75)26(71)37(41(101-52)45(82)83)97-48-17(55-102(84,85)86)21(66)34(14(7-60)90-48)94-49-27(72)22(67)23(68)38(98-49)42(76)77/h10-41,46-52,55-60,63-75H,3-7H2,1-2H3,(H,53,61)(H,54,62)(H,76,77)(H,78,79)(H,80,81)(H,82,83)(H,84,85,86)/t10-,11-,12-,13-,14-,15-,16-,17-,18-,19-,20-,21-,22+,23+,24-,25-,26-,27-,28-,29-,30-,31-,32-,33-,34-,35+,36+,37+,38+,39+,40+,41+,46-,47-,48-,49-,50-,51-,52-/m1/s1. The molecule has 0 bridgehead atoms. The van der Waals surface area contributed by atoms with Gasteiger partial charge in [0.25, 0.3) is 0 Å². The molecule has 0 spiro atoms. The molecule has 8 heterocycles. The summed E-state index contributed by atoms with van der Waals surface area (Å²) in [6.45, 7) is -3.73. The molecule has 39 atom stereocenters. The Hall–Kier alpha value is -4.63. The van der Waals surface area contributed by atoms with Gasteiger partial charge in [0, 0.05) is 13.8 Å². The minimum atomic E-state index is -5.54. The zero-order valence-corrected chi connectivity index (χ0v) is 53.5. The molecule has 0 aromatic rings. The number of carboxylic acids is 4. The molecule has 8 aliphatic heterocycles. The number of rotatable bonds is 27. The number of amides is 2. The molecule has 49 nitrogen and oxygen atoms in total. The van der Waals surface area contributed by atoms with Crippen molar-refractivity contribution < 1.29 is 225 Å². The number of hydrogen-bond donors (Lipinski definition) is 26. The lowest BCUT2D eigenvalue weighted by atomic mass is 9.93. The van der Waals surface area contributed by atoms with Gasteiger partial charge in [-0.05, 0) is 0 Å². The van der Waals surface area contributed by atoms with Crippen LogP contribution in [-0.2, 0) is 110 Å². The molecule has 26 N–H and O–H groups in total. The summed E-state index contributed by atoms with van der Waals surface area (Å²) in [5.41, 5.74) is 0. The summed E-state index contributed by atoms with van der Waals surface area (Å²) >= 11 is 0. The number of ether oxygens (including phenoxy) is 15. The second-order valence-electron chi connectivity index (χ2n) is 24.5. The summed E-state index contributed by atoms with van der Waals surface area (Å²) in [6, 6.07) is -6.57. The molecule has 586 valence electrons. The fourth-order valence-corrected chi connectivity index (χ4v) is 13.2. The SMILES string of the molecule is CC(=O)N[C@H]1[C@@H](O[C@H]2[C@H](O)[C@@H](O)[C@H](O[C@H]3[C@H](O)[C@@H](NC(C)=O)[C@@H](O[C@H]4[C@H](O)[C@@H](O)[C@H](O[C@H]5[C@H](O)[C@@H](CO)O[C@@H]5CO)O[C@@H]4C(=O)O)O[C@@H]3CO)O[C@@H]2C(=O)O)O[C@H](CO)[C@@H](O[C@@H]2O[C@H](C(=O)O)[C@@H](O[C@H]3O[C@H](CO)[C@@H](O[C@@H]4O[C@H](C(=O)O)[C@@H](O)[C@H](O)[C@H]4O)[C@H](O)[C@H]3NS(=O)(=O)O)[C@H](O)[C@H]2O)[C@@H]1O. The van der Waals surface area contributed by atoms with Crippen LogP contribution in [0.3, 0.4) is 0 Å². The molecule has 0 aliphatic carbocycles. The van der Waals surface area contributed by atoms with Crippen molar-refractivity contribution in [1.29, 1.82) is 0 Å². The van der Waals surface area contributed by atoms with Crippen LogP contribution in [0, 0.1) is 0 Å². The van der Waals surface area contributed by atoms with E-state index in [0.29, 0.717) is 0 Å². The third-order valence-electron chi connectivity index (χ3n) is 17.6. The molecule has 0 aromatic heterocycles. The molecule has 2 amide bonds. The summed E-state index contributed by atoms with van der Waals surface area (Å²) in [5.74, 6) is -10.1. The molecular formula is C52H81N3O46S. The largest absolute Gasteiger partial charge is 0.479 e. The average molecular weight is 1520 g/mol. The van der Waals surface area contributed by atoms with Gasteiger partial charge in [0.1, 0.15) is 171 Å². The highest BCUT2D eigenvalue weighted by Gasteiger charge is 2.62. The van der Waals surface area contributed by atoms with Crippen LogP contribution < -0.4 is 15.4 Å². The molecule has 8 fully saturated rings. The van der Waals surface area contributed by atoms with E-state index < -0.39 is 318 Å². The van der Waals surface area contributed by atoms with Crippen molar-refractivity contribution >= 4 is 46.0 Å². The molecular weight excluding hydrogens is 1430 g/mol. The van der Waals surface area contributed by atoms with E-state index in [4.69, 9.17) is 71.1 Å². The first-order chi connectivity index (χ1) is 47.8. The first kappa shape index (κ1) is 83.0. The van der Waals surface area contributed by atoms with E-state index in [0.717, 1.165) is 13.8 Å². The topological polar surface area (TPSA) is 776 Å². The lowest BCUT2D eigenvalue weighted by Crippen LogP contribution is -2.71. The Kier molecular flexibility index (Phi) is 28.1. The van der Waals surface area contributed by atoms with Crippen LogP contribution in [0.5, 0.6) is 0 Å². The van der Waals surface area contributed by atoms with Crippen molar-refractivity contribution in [2.24, 2.45) is 0 Å². The number of carboxylic acid groups (broad SMARTS) is 4. The first-order valence-electron chi connectivity index (χ1n) is 30.7. The number of aliphatic hydroxyl groups excluding tert-OH is 18. The second kappa shape index (κ2) is 34.5. The quantitative estimate of drug-likeness (QED) is 0.0340. The molecule has 8 aliphatic rings. The Labute approximate surface area is 571 Å². The van der Waals surface area contributed by atoms with Crippen molar-refractivity contribution in [3.8, 4) is 0 Å². The zero-order valence-electron chi connectivity index (χ0n) is 52.6. The Morgan fingerprint density at radius 3 is 0.843 bits per heavy atom. The number of carbonyl (C=O) groups excluding carboxylic acids is 2. The molecule has 8 rings (SSSR count). The van der Waals surface area contributed by atoms with Gasteiger partial charge in [-0.1, -0.05) is 0 Å². The van der Waals surface area contributed by atoms with E-state index in [1.54, 1.807) is 0 Å². The van der Waals surface area contributed by atoms with Crippen molar-refractivity contribution in [3.63, 3.8) is 0 Å². The highest BCUT2D eigenvalue weighted by Crippen LogP contribution is 2.39. The van der Waals surface area contributed by atoms with Gasteiger partial charge in [0.2, 0.25) is 11.8 Å². The minimum absolute atomic E-state index is 0.779. The van der Waals surface area contributed by atoms with Crippen LogP contribution >= 0.6 is 0 Å². The van der Waals surface area contributed by atoms with E-state index in [-0.39, 0.29) is 0 Å². The van der Waals surface area contributed by atoms with Gasteiger partial charge in [-0.25, -0.2) is 19.2 Å². The second-order valence-corrected chi connectivity index (χ2v) is 25.6. The van der Waals surface area contributed by atoms with Crippen LogP contribution in [0.2, 0.25) is 0 Å². The molecule has 0 radical (unpaired) electrons. The van der Waals surface area contributed by atoms with Gasteiger partial charge in [0.05, 0.1) is 33.0 Å². The average Bonchev–Trinajstić information content (AvgIpc) is 1.31. The summed E-state index contributed by atoms with van der Waals surface area (Å²) in [5, 5.41) is 241. The maximum absolute atomic E-state index is 13.0. The predicted molar refractivity (Wildman–Crippen MR) is 301 cm³/mol. The predicted octanol–water partition coefficient (Wildman–Crippen LogP) is -17.7. The maximum Gasteiger partial charge on any atom is 0.335 e. The van der Waals surface area contributed by atoms with E-state index in [9.17, 15) is 154 Å². The van der Waals surface area contributed by atoms with Gasteiger partial charge >= 0.3 is 34.2 Å². The Morgan fingerprint density at radius 2 is 0.559 bits per heavy atom. The van der Waals surface area contributed by atoms with Crippen LogP contribution in [0.4, 0.5) is 0 Å². The first-order valence-corrected chi connectivity index (χ1v) is 32.2. The number of aliphatic carboxylic acids is 4. The van der Waals surface area contributed by atoms with Crippen molar-refractivity contribution in [2.75, 3.05) is 33.0 Å². The maximum atomic E-state index is 13.0. The van der Waals surface area contributed by atoms with E-state index >= 15 is 0 Å². The van der Waals surface area contributed by atoms with Gasteiger partial charge in [-0.3, -0.25) is 14.1 Å². The number of hydrogen-bond acceptors (Lipinski definition) is 41. The minimum Gasteiger partial charge on any atom is -0.479 e. The molecule has 0 unspecified atom stereocenters. The lowest BCUT2D eigenvalue weighted by molar-refractivity contribution is -0.381. The van der Waals surface area contributed by atoms with Crippen LogP contribution in [-0.4, -0.2) is 433 Å². The molecule has 0 aromatic carbocycles. The zero-order chi connectivity index (χ0) is 75.7. The fraction of sp³-hybridized carbons (Fsp3) is 0.885. The highest BCUT2D eigenvalue weighted by molar-refractivity contribution is 7.83. The van der Waals surface area contributed by atoms with E-state index in [1.807, 2.05) is 0 Å². The molecule has 102 heavy (non-hydrogen) atoms. The van der Waals surface area contributed by atoms with Gasteiger partial charge in [-0.2, -0.15) is 13.1 Å². The van der Waals surface area contributed by atoms with E-state index in [2.05, 4.69) is 10.6 Å². The molecule has 8 saturated heterocycles. The van der Waals surface area contributed by atoms with Gasteiger partial charge in [-0.15, -0.1) is 0 Å². The molecule has 0 saturated carbocycles. The summed E-state index contributed by atoms with van der Waals surface area (Å²) < 4.78 is 119. The van der Waals surface area contributed by atoms with Crippen molar-refractivity contribution in [3.05, 3.63) is 0 Å². The Bertz CT molecular complexity index is 2970. The summed E-state index contributed by atoms with van der Waals surface area (Å²) in [4.78, 5) is 75.6. The number of nitrogens with one attached hydrogen (secondary N) is 3. The normalized spacial score (nSPS) is 47.2. The lowest BCUT2D eigenvalue weighted by Gasteiger charge is -2.50. The summed E-state index contributed by atoms with van der Waals surface area (Å²) in [6.07, 6.45) is -81.3. The van der Waals surface area contributed by atoms with Crippen LogP contribution in [0.15, 0.2) is 0 Å². The monoisotopic (exact) mass is 1520 g/mol. The third kappa shape index (κ3) is 17.8.